The second-order valence-electron chi connectivity index (χ2n) is 7.76. The van der Waals surface area contributed by atoms with Crippen LogP contribution in [0.2, 0.25) is 0 Å². The van der Waals surface area contributed by atoms with Crippen molar-refractivity contribution in [1.29, 1.82) is 0 Å². The number of benzene rings is 2. The average Bonchev–Trinajstić information content (AvgIpc) is 2.79. The number of amides is 1. The molecule has 190 valence electrons. The van der Waals surface area contributed by atoms with Crippen molar-refractivity contribution in [3.8, 4) is 5.75 Å². The second kappa shape index (κ2) is 12.8. The molecule has 1 amide bonds. The summed E-state index contributed by atoms with van der Waals surface area (Å²) in [5.74, 6) is -3.84. The largest absolute Gasteiger partial charge is 0.573 e. The van der Waals surface area contributed by atoms with Gasteiger partial charge in [-0.15, -0.1) is 13.2 Å². The molecular formula is C25H28F3NO6. The Kier molecular flexibility index (Phi) is 10.1. The normalized spacial score (nSPS) is 12.9. The number of carboxylic acids is 1. The molecule has 2 atom stereocenters. The summed E-state index contributed by atoms with van der Waals surface area (Å²) in [5, 5.41) is 12.6. The number of ether oxygens (including phenoxy) is 2. The van der Waals surface area contributed by atoms with Crippen molar-refractivity contribution in [1.82, 2.24) is 5.32 Å². The van der Waals surface area contributed by atoms with E-state index in [1.807, 2.05) is 6.92 Å². The van der Waals surface area contributed by atoms with Gasteiger partial charge in [0, 0.05) is 18.0 Å². The smallest absolute Gasteiger partial charge is 0.481 e. The van der Waals surface area contributed by atoms with Crippen LogP contribution in [0.4, 0.5) is 13.2 Å². The van der Waals surface area contributed by atoms with Gasteiger partial charge in [0.2, 0.25) is 0 Å². The summed E-state index contributed by atoms with van der Waals surface area (Å²) >= 11 is 0. The molecule has 0 aliphatic rings. The Labute approximate surface area is 201 Å². The molecule has 10 heteroatoms. The van der Waals surface area contributed by atoms with Gasteiger partial charge in [0.25, 0.3) is 5.91 Å². The van der Waals surface area contributed by atoms with Gasteiger partial charge in [0.15, 0.2) is 0 Å². The van der Waals surface area contributed by atoms with Crippen LogP contribution in [-0.2, 0) is 14.3 Å². The lowest BCUT2D eigenvalue weighted by atomic mass is 9.78. The predicted octanol–water partition coefficient (Wildman–Crippen LogP) is 5.02. The first-order chi connectivity index (χ1) is 16.6. The number of carboxylic acid groups (broad SMARTS) is 1. The highest BCUT2D eigenvalue weighted by Crippen LogP contribution is 2.38. The number of carbonyl (C=O) groups is 3. The number of halogens is 3. The van der Waals surface area contributed by atoms with Crippen molar-refractivity contribution in [2.75, 3.05) is 13.2 Å². The van der Waals surface area contributed by atoms with Crippen molar-refractivity contribution < 1.29 is 42.1 Å². The van der Waals surface area contributed by atoms with E-state index in [-0.39, 0.29) is 25.5 Å². The maximum atomic E-state index is 12.4. The Morgan fingerprint density at radius 3 is 2.09 bits per heavy atom. The molecule has 0 heterocycles. The minimum Gasteiger partial charge on any atom is -0.481 e. The van der Waals surface area contributed by atoms with Gasteiger partial charge in [-0.2, -0.15) is 0 Å². The highest BCUT2D eigenvalue weighted by atomic mass is 19.4. The van der Waals surface area contributed by atoms with Crippen molar-refractivity contribution in [2.24, 2.45) is 0 Å². The van der Waals surface area contributed by atoms with Gasteiger partial charge in [-0.05, 0) is 48.7 Å². The van der Waals surface area contributed by atoms with Crippen LogP contribution < -0.4 is 10.1 Å². The van der Waals surface area contributed by atoms with Crippen LogP contribution in [-0.4, -0.2) is 42.5 Å². The third kappa shape index (κ3) is 8.62. The molecule has 7 nitrogen and oxygen atoms in total. The van der Waals surface area contributed by atoms with Gasteiger partial charge in [0.05, 0.1) is 18.9 Å². The van der Waals surface area contributed by atoms with E-state index in [0.717, 1.165) is 12.1 Å². The van der Waals surface area contributed by atoms with Gasteiger partial charge in [-0.25, -0.2) is 0 Å². The Morgan fingerprint density at radius 2 is 1.57 bits per heavy atom. The standard InChI is InChI=1S/C25H28F3NO6/c1-3-5-20(22(24(32)33)17-10-12-19(13-11-17)35-25(26,27)28)16-6-8-18(9-7-16)23(31)29-15-14-21(30)34-4-2/h6-13,20,22H,3-5,14-15H2,1-2H3,(H,29,31)(H,32,33)/t20-,22?/m0/s1. The molecule has 0 radical (unpaired) electrons. The molecule has 0 saturated heterocycles. The quantitative estimate of drug-likeness (QED) is 0.401. The van der Waals surface area contributed by atoms with E-state index in [4.69, 9.17) is 4.74 Å². The van der Waals surface area contributed by atoms with Gasteiger partial charge >= 0.3 is 18.3 Å². The first-order valence-electron chi connectivity index (χ1n) is 11.2. The summed E-state index contributed by atoms with van der Waals surface area (Å²) in [6.07, 6.45) is -3.63. The minimum atomic E-state index is -4.84. The van der Waals surface area contributed by atoms with Gasteiger partial charge in [-0.1, -0.05) is 37.6 Å². The fourth-order valence-electron chi connectivity index (χ4n) is 3.76. The number of hydrogen-bond donors (Lipinski definition) is 2. The summed E-state index contributed by atoms with van der Waals surface area (Å²) in [6.45, 7) is 3.97. The third-order valence-corrected chi connectivity index (χ3v) is 5.26. The summed E-state index contributed by atoms with van der Waals surface area (Å²) < 4.78 is 46.0. The fraction of sp³-hybridized carbons (Fsp3) is 0.400. The minimum absolute atomic E-state index is 0.0450. The molecule has 0 fully saturated rings. The molecule has 0 saturated carbocycles. The first-order valence-corrected chi connectivity index (χ1v) is 11.2. The van der Waals surface area contributed by atoms with Crippen LogP contribution in [0.15, 0.2) is 48.5 Å². The van der Waals surface area contributed by atoms with Crippen molar-refractivity contribution in [3.63, 3.8) is 0 Å². The Balaban J connectivity index is 2.19. The summed E-state index contributed by atoms with van der Waals surface area (Å²) in [7, 11) is 0. The van der Waals surface area contributed by atoms with E-state index in [9.17, 15) is 32.7 Å². The van der Waals surface area contributed by atoms with Crippen molar-refractivity contribution in [2.45, 2.75) is 51.3 Å². The van der Waals surface area contributed by atoms with E-state index < -0.39 is 35.9 Å². The van der Waals surface area contributed by atoms with Crippen LogP contribution in [0.1, 0.15) is 66.4 Å². The molecule has 2 aromatic carbocycles. The number of nitrogens with one attached hydrogen (secondary N) is 1. The molecule has 0 bridgehead atoms. The average molecular weight is 495 g/mol. The molecule has 35 heavy (non-hydrogen) atoms. The lowest BCUT2D eigenvalue weighted by molar-refractivity contribution is -0.274. The number of aliphatic carboxylic acids is 1. The molecule has 0 aromatic heterocycles. The van der Waals surface area contributed by atoms with Crippen LogP contribution >= 0.6 is 0 Å². The van der Waals surface area contributed by atoms with Gasteiger partial charge < -0.3 is 19.9 Å². The van der Waals surface area contributed by atoms with Gasteiger partial charge in [0.1, 0.15) is 5.75 Å². The molecule has 1 unspecified atom stereocenters. The zero-order valence-corrected chi connectivity index (χ0v) is 19.4. The number of rotatable bonds is 12. The maximum Gasteiger partial charge on any atom is 0.573 e. The summed E-state index contributed by atoms with van der Waals surface area (Å²) in [6, 6.07) is 11.3. The zero-order chi connectivity index (χ0) is 26.0. The fourth-order valence-corrected chi connectivity index (χ4v) is 3.76. The Bertz CT molecular complexity index is 990. The highest BCUT2D eigenvalue weighted by molar-refractivity contribution is 5.94. The Morgan fingerprint density at radius 1 is 0.971 bits per heavy atom. The Hall–Kier alpha value is -3.56. The van der Waals surface area contributed by atoms with Crippen LogP contribution in [0.3, 0.4) is 0 Å². The van der Waals surface area contributed by atoms with Crippen LogP contribution in [0.25, 0.3) is 0 Å². The van der Waals surface area contributed by atoms with Crippen molar-refractivity contribution >= 4 is 17.8 Å². The molecule has 2 rings (SSSR count). The number of alkyl halides is 3. The molecule has 0 spiro atoms. The lowest BCUT2D eigenvalue weighted by Crippen LogP contribution is -2.26. The maximum absolute atomic E-state index is 12.4. The van der Waals surface area contributed by atoms with E-state index in [1.165, 1.54) is 12.1 Å². The number of esters is 1. The monoisotopic (exact) mass is 495 g/mol. The molecule has 2 N–H and O–H groups in total. The summed E-state index contributed by atoms with van der Waals surface area (Å²) in [4.78, 5) is 35.9. The van der Waals surface area contributed by atoms with E-state index in [2.05, 4.69) is 10.1 Å². The number of carbonyl (C=O) groups excluding carboxylic acids is 2. The SMILES string of the molecule is CCC[C@@H](c1ccc(C(=O)NCCC(=O)OCC)cc1)C(C(=O)O)c1ccc(OC(F)(F)F)cc1. The highest BCUT2D eigenvalue weighted by Gasteiger charge is 2.33. The molecule has 2 aromatic rings. The molecule has 0 aliphatic carbocycles. The van der Waals surface area contributed by atoms with E-state index in [0.29, 0.717) is 29.5 Å². The second-order valence-corrected chi connectivity index (χ2v) is 7.76. The molecule has 0 aliphatic heterocycles. The van der Waals surface area contributed by atoms with Gasteiger partial charge in [-0.3, -0.25) is 14.4 Å². The van der Waals surface area contributed by atoms with Crippen LogP contribution in [0.5, 0.6) is 5.75 Å². The third-order valence-electron chi connectivity index (χ3n) is 5.26. The number of hydrogen-bond acceptors (Lipinski definition) is 5. The van der Waals surface area contributed by atoms with E-state index >= 15 is 0 Å². The topological polar surface area (TPSA) is 102 Å². The molecular weight excluding hydrogens is 467 g/mol. The first kappa shape index (κ1) is 27.7. The van der Waals surface area contributed by atoms with E-state index in [1.54, 1.807) is 31.2 Å². The van der Waals surface area contributed by atoms with Crippen molar-refractivity contribution in [3.05, 3.63) is 65.2 Å². The zero-order valence-electron chi connectivity index (χ0n) is 19.4. The lowest BCUT2D eigenvalue weighted by Gasteiger charge is -2.25. The predicted molar refractivity (Wildman–Crippen MR) is 121 cm³/mol. The summed E-state index contributed by atoms with van der Waals surface area (Å²) in [5.41, 5.74) is 1.36. The van der Waals surface area contributed by atoms with Crippen LogP contribution in [0, 0.1) is 0 Å².